The smallest absolute Gasteiger partial charge is 0.138 e. The Bertz CT molecular complexity index is 563. The largest absolute Gasteiger partial charge is 0.370 e. The number of nitrogens with zero attached hydrogens (tertiary/aromatic N) is 3. The van der Waals surface area contributed by atoms with Crippen LogP contribution < -0.4 is 10.2 Å². The summed E-state index contributed by atoms with van der Waals surface area (Å²) in [5.74, 6) is 2.65. The van der Waals surface area contributed by atoms with E-state index in [4.69, 9.17) is 0 Å². The molecule has 0 spiro atoms. The highest BCUT2D eigenvalue weighted by molar-refractivity contribution is 5.62. The minimum Gasteiger partial charge on any atom is -0.370 e. The Balaban J connectivity index is 2.34. The van der Waals surface area contributed by atoms with Crippen LogP contribution in [0, 0.1) is 6.92 Å². The molecule has 2 rings (SSSR count). The molecule has 20 heavy (non-hydrogen) atoms. The average molecular weight is 270 g/mol. The molecule has 1 heterocycles. The van der Waals surface area contributed by atoms with Crippen molar-refractivity contribution in [2.75, 3.05) is 23.8 Å². The van der Waals surface area contributed by atoms with E-state index < -0.39 is 0 Å². The molecule has 0 fully saturated rings. The molecular formula is C16H22N4. The van der Waals surface area contributed by atoms with E-state index in [1.807, 2.05) is 13.1 Å². The molecule has 0 bridgehead atoms. The SMILES string of the molecule is CCNc1cc(N(C)c2ccc(C)cc2)nc(CC)n1. The average Bonchev–Trinajstić information content (AvgIpc) is 2.47. The molecule has 1 N–H and O–H groups in total. The lowest BCUT2D eigenvalue weighted by Crippen LogP contribution is -2.14. The Morgan fingerprint density at radius 2 is 1.80 bits per heavy atom. The van der Waals surface area contributed by atoms with Crippen LogP contribution in [-0.2, 0) is 6.42 Å². The molecule has 2 aromatic rings. The van der Waals surface area contributed by atoms with Gasteiger partial charge in [0, 0.05) is 31.8 Å². The molecular weight excluding hydrogens is 248 g/mol. The number of hydrogen-bond donors (Lipinski definition) is 1. The summed E-state index contributed by atoms with van der Waals surface area (Å²) in [6.07, 6.45) is 0.827. The van der Waals surface area contributed by atoms with Crippen molar-refractivity contribution in [1.29, 1.82) is 0 Å². The van der Waals surface area contributed by atoms with Crippen molar-refractivity contribution in [2.45, 2.75) is 27.2 Å². The van der Waals surface area contributed by atoms with Gasteiger partial charge in [-0.05, 0) is 26.0 Å². The summed E-state index contributed by atoms with van der Waals surface area (Å²) in [6.45, 7) is 7.08. The number of anilines is 3. The van der Waals surface area contributed by atoms with Gasteiger partial charge in [-0.25, -0.2) is 9.97 Å². The summed E-state index contributed by atoms with van der Waals surface area (Å²) < 4.78 is 0. The molecule has 0 radical (unpaired) electrons. The van der Waals surface area contributed by atoms with Gasteiger partial charge in [-0.3, -0.25) is 0 Å². The molecule has 4 heteroatoms. The van der Waals surface area contributed by atoms with Gasteiger partial charge in [0.15, 0.2) is 0 Å². The molecule has 0 saturated heterocycles. The van der Waals surface area contributed by atoms with Crippen LogP contribution in [0.5, 0.6) is 0 Å². The van der Waals surface area contributed by atoms with Crippen LogP contribution >= 0.6 is 0 Å². The van der Waals surface area contributed by atoms with E-state index >= 15 is 0 Å². The number of rotatable bonds is 5. The van der Waals surface area contributed by atoms with Gasteiger partial charge in [0.2, 0.25) is 0 Å². The fraction of sp³-hybridized carbons (Fsp3) is 0.375. The quantitative estimate of drug-likeness (QED) is 0.902. The van der Waals surface area contributed by atoms with Crippen molar-refractivity contribution in [2.24, 2.45) is 0 Å². The molecule has 0 atom stereocenters. The van der Waals surface area contributed by atoms with Crippen molar-refractivity contribution in [3.63, 3.8) is 0 Å². The molecule has 106 valence electrons. The third-order valence-electron chi connectivity index (χ3n) is 3.20. The van der Waals surface area contributed by atoms with E-state index in [-0.39, 0.29) is 0 Å². The van der Waals surface area contributed by atoms with Gasteiger partial charge in [-0.15, -0.1) is 0 Å². The zero-order valence-electron chi connectivity index (χ0n) is 12.6. The second-order valence-electron chi connectivity index (χ2n) is 4.81. The Kier molecular flexibility index (Phi) is 4.56. The molecule has 1 aromatic carbocycles. The third-order valence-corrected chi connectivity index (χ3v) is 3.20. The topological polar surface area (TPSA) is 41.0 Å². The number of aryl methyl sites for hydroxylation is 2. The van der Waals surface area contributed by atoms with Gasteiger partial charge < -0.3 is 10.2 Å². The van der Waals surface area contributed by atoms with E-state index in [1.165, 1.54) is 5.56 Å². The number of hydrogen-bond acceptors (Lipinski definition) is 4. The minimum atomic E-state index is 0.827. The second kappa shape index (κ2) is 6.37. The maximum atomic E-state index is 4.61. The lowest BCUT2D eigenvalue weighted by molar-refractivity contribution is 0.923. The van der Waals surface area contributed by atoms with Gasteiger partial charge in [0.1, 0.15) is 17.5 Å². The minimum absolute atomic E-state index is 0.827. The summed E-state index contributed by atoms with van der Waals surface area (Å²) in [5, 5.41) is 3.26. The van der Waals surface area contributed by atoms with Crippen molar-refractivity contribution >= 4 is 17.3 Å². The molecule has 0 aliphatic carbocycles. The van der Waals surface area contributed by atoms with Crippen molar-refractivity contribution in [3.8, 4) is 0 Å². The van der Waals surface area contributed by atoms with Gasteiger partial charge >= 0.3 is 0 Å². The Labute approximate surface area is 120 Å². The summed E-state index contributed by atoms with van der Waals surface area (Å²) in [4.78, 5) is 11.2. The molecule has 0 unspecified atom stereocenters. The van der Waals surface area contributed by atoms with E-state index in [1.54, 1.807) is 0 Å². The summed E-state index contributed by atoms with van der Waals surface area (Å²) >= 11 is 0. The molecule has 0 amide bonds. The van der Waals surface area contributed by atoms with E-state index in [0.29, 0.717) is 0 Å². The highest BCUT2D eigenvalue weighted by atomic mass is 15.2. The van der Waals surface area contributed by atoms with Crippen molar-refractivity contribution in [1.82, 2.24) is 9.97 Å². The van der Waals surface area contributed by atoms with E-state index in [0.717, 1.165) is 36.1 Å². The summed E-state index contributed by atoms with van der Waals surface area (Å²) in [5.41, 5.74) is 2.38. The fourth-order valence-corrected chi connectivity index (χ4v) is 1.99. The van der Waals surface area contributed by atoms with Crippen LogP contribution in [0.3, 0.4) is 0 Å². The first-order valence-corrected chi connectivity index (χ1v) is 7.06. The summed E-state index contributed by atoms with van der Waals surface area (Å²) in [6, 6.07) is 10.4. The number of aromatic nitrogens is 2. The predicted octanol–water partition coefficient (Wildman–Crippen LogP) is 3.55. The predicted molar refractivity (Wildman–Crippen MR) is 84.8 cm³/mol. The maximum Gasteiger partial charge on any atom is 0.138 e. The monoisotopic (exact) mass is 270 g/mol. The standard InChI is InChI=1S/C16H22N4/c1-5-14-18-15(17-6-2)11-16(19-14)20(4)13-9-7-12(3)8-10-13/h7-11H,5-6H2,1-4H3,(H,17,18,19). The first kappa shape index (κ1) is 14.3. The molecule has 0 aliphatic heterocycles. The first-order chi connectivity index (χ1) is 9.63. The van der Waals surface area contributed by atoms with Crippen LogP contribution in [0.2, 0.25) is 0 Å². The second-order valence-corrected chi connectivity index (χ2v) is 4.81. The van der Waals surface area contributed by atoms with Gasteiger partial charge in [0.25, 0.3) is 0 Å². The van der Waals surface area contributed by atoms with Gasteiger partial charge in [0.05, 0.1) is 0 Å². The van der Waals surface area contributed by atoms with Crippen LogP contribution in [-0.4, -0.2) is 23.6 Å². The normalized spacial score (nSPS) is 10.4. The Morgan fingerprint density at radius 3 is 2.40 bits per heavy atom. The highest BCUT2D eigenvalue weighted by Gasteiger charge is 2.09. The highest BCUT2D eigenvalue weighted by Crippen LogP contribution is 2.24. The Morgan fingerprint density at radius 1 is 1.10 bits per heavy atom. The zero-order chi connectivity index (χ0) is 14.5. The number of nitrogens with one attached hydrogen (secondary N) is 1. The third kappa shape index (κ3) is 3.26. The van der Waals surface area contributed by atoms with Crippen LogP contribution in [0.4, 0.5) is 17.3 Å². The van der Waals surface area contributed by atoms with E-state index in [9.17, 15) is 0 Å². The van der Waals surface area contributed by atoms with Crippen LogP contribution in [0.15, 0.2) is 30.3 Å². The van der Waals surface area contributed by atoms with Gasteiger partial charge in [-0.1, -0.05) is 24.6 Å². The van der Waals surface area contributed by atoms with Crippen molar-refractivity contribution < 1.29 is 0 Å². The lowest BCUT2D eigenvalue weighted by atomic mass is 10.2. The van der Waals surface area contributed by atoms with Crippen LogP contribution in [0.25, 0.3) is 0 Å². The van der Waals surface area contributed by atoms with Crippen LogP contribution in [0.1, 0.15) is 25.2 Å². The first-order valence-electron chi connectivity index (χ1n) is 7.06. The molecule has 4 nitrogen and oxygen atoms in total. The maximum absolute atomic E-state index is 4.61. The zero-order valence-corrected chi connectivity index (χ0v) is 12.6. The fourth-order valence-electron chi connectivity index (χ4n) is 1.99. The number of benzene rings is 1. The lowest BCUT2D eigenvalue weighted by Gasteiger charge is -2.20. The molecule has 0 saturated carbocycles. The van der Waals surface area contributed by atoms with Gasteiger partial charge in [-0.2, -0.15) is 0 Å². The molecule has 1 aromatic heterocycles. The molecule has 0 aliphatic rings. The summed E-state index contributed by atoms with van der Waals surface area (Å²) in [7, 11) is 2.03. The Hall–Kier alpha value is -2.10. The van der Waals surface area contributed by atoms with E-state index in [2.05, 4.69) is 65.2 Å². The van der Waals surface area contributed by atoms with Crippen molar-refractivity contribution in [3.05, 3.63) is 41.7 Å².